The third-order valence-corrected chi connectivity index (χ3v) is 4.68. The molecule has 0 amide bonds. The summed E-state index contributed by atoms with van der Waals surface area (Å²) in [5.74, 6) is 0.522. The fourth-order valence-electron chi connectivity index (χ4n) is 2.98. The Kier molecular flexibility index (Phi) is 2.83. The first-order valence-corrected chi connectivity index (χ1v) is 7.06. The van der Waals surface area contributed by atoms with Crippen molar-refractivity contribution in [1.82, 2.24) is 14.5 Å². The number of nitrogens with zero attached hydrogens (tertiary/aromatic N) is 3. The second-order valence-corrected chi connectivity index (χ2v) is 6.55. The zero-order valence-electron chi connectivity index (χ0n) is 11.2. The van der Waals surface area contributed by atoms with Gasteiger partial charge in [0.2, 0.25) is 5.95 Å². The van der Waals surface area contributed by atoms with Gasteiger partial charge in [0.1, 0.15) is 5.52 Å². The second kappa shape index (κ2) is 4.18. The molecule has 0 saturated heterocycles. The fraction of sp³-hybridized carbons (Fsp3) is 0.538. The van der Waals surface area contributed by atoms with Gasteiger partial charge in [0.05, 0.1) is 6.10 Å². The Hall–Kier alpha value is -1.14. The van der Waals surface area contributed by atoms with Crippen molar-refractivity contribution < 1.29 is 4.74 Å². The lowest BCUT2D eigenvalue weighted by molar-refractivity contribution is -0.111. The molecule has 2 N–H and O–H groups in total. The number of aromatic nitrogens is 3. The number of halogens is 1. The first kappa shape index (κ1) is 12.9. The molecule has 1 aliphatic rings. The molecule has 19 heavy (non-hydrogen) atoms. The van der Waals surface area contributed by atoms with Crippen LogP contribution in [0.1, 0.15) is 26.3 Å². The quantitative estimate of drug-likeness (QED) is 0.922. The highest BCUT2D eigenvalue weighted by molar-refractivity contribution is 9.10. The van der Waals surface area contributed by atoms with E-state index in [2.05, 4.69) is 39.7 Å². The van der Waals surface area contributed by atoms with E-state index in [0.29, 0.717) is 5.95 Å². The van der Waals surface area contributed by atoms with E-state index in [0.717, 1.165) is 22.1 Å². The number of methoxy groups -OCH3 is 1. The van der Waals surface area contributed by atoms with Gasteiger partial charge >= 0.3 is 0 Å². The summed E-state index contributed by atoms with van der Waals surface area (Å²) in [6.45, 7) is 4.39. The molecule has 2 aromatic heterocycles. The Balaban J connectivity index is 2.09. The Bertz CT molecular complexity index is 637. The topological polar surface area (TPSA) is 66.0 Å². The second-order valence-electron chi connectivity index (χ2n) is 5.63. The third-order valence-electron chi connectivity index (χ3n) is 4.25. The minimum absolute atomic E-state index is 0.0330. The zero-order valence-corrected chi connectivity index (χ0v) is 12.8. The molecule has 1 fully saturated rings. The van der Waals surface area contributed by atoms with Gasteiger partial charge < -0.3 is 10.5 Å². The van der Waals surface area contributed by atoms with E-state index in [1.807, 2.05) is 10.6 Å². The molecule has 102 valence electrons. The molecule has 3 rings (SSSR count). The summed E-state index contributed by atoms with van der Waals surface area (Å²) in [6, 6.07) is 2.21. The van der Waals surface area contributed by atoms with E-state index in [9.17, 15) is 0 Å². The molecule has 2 heterocycles. The van der Waals surface area contributed by atoms with Gasteiger partial charge in [0, 0.05) is 29.2 Å². The first-order chi connectivity index (χ1) is 8.95. The summed E-state index contributed by atoms with van der Waals surface area (Å²) in [7, 11) is 1.76. The Labute approximate surface area is 120 Å². The normalized spacial score (nSPS) is 25.5. The molecule has 2 atom stereocenters. The summed E-state index contributed by atoms with van der Waals surface area (Å²) >= 11 is 3.40. The molecular formula is C13H17BrN4O. The maximum atomic E-state index is 6.08. The van der Waals surface area contributed by atoms with Crippen LogP contribution in [0.25, 0.3) is 11.2 Å². The zero-order chi connectivity index (χ0) is 13.8. The average molecular weight is 325 g/mol. The number of anilines is 1. The van der Waals surface area contributed by atoms with E-state index in [4.69, 9.17) is 10.5 Å². The van der Waals surface area contributed by atoms with Crippen LogP contribution in [0.3, 0.4) is 0 Å². The van der Waals surface area contributed by atoms with Crippen LogP contribution in [0.4, 0.5) is 5.95 Å². The van der Waals surface area contributed by atoms with Crippen molar-refractivity contribution in [2.75, 3.05) is 12.8 Å². The number of hydrogen-bond acceptors (Lipinski definition) is 4. The smallest absolute Gasteiger partial charge is 0.202 e. The molecule has 2 unspecified atom stereocenters. The molecule has 2 aromatic rings. The van der Waals surface area contributed by atoms with Gasteiger partial charge in [-0.15, -0.1) is 0 Å². The van der Waals surface area contributed by atoms with Crippen LogP contribution in [-0.2, 0) is 4.74 Å². The van der Waals surface area contributed by atoms with Crippen LogP contribution >= 0.6 is 15.9 Å². The molecule has 5 nitrogen and oxygen atoms in total. The number of fused-ring (bicyclic) bond motifs is 1. The molecule has 6 heteroatoms. The molecule has 0 radical (unpaired) electrons. The lowest BCUT2D eigenvalue weighted by atomic mass is 9.64. The molecule has 0 bridgehead atoms. The molecule has 1 saturated carbocycles. The standard InChI is InChI=1S/C13H17BrN4O/c1-13(2)9(5-10(13)19-3)18-11-8(17-12(18)15)4-7(14)6-16-11/h4,6,9-10H,5H2,1-3H3,(H2,15,17). The predicted octanol–water partition coefficient (Wildman–Crippen LogP) is 2.76. The maximum absolute atomic E-state index is 6.08. The van der Waals surface area contributed by atoms with Crippen LogP contribution in [0, 0.1) is 5.41 Å². The molecule has 0 spiro atoms. The Morgan fingerprint density at radius 3 is 2.89 bits per heavy atom. The highest BCUT2D eigenvalue weighted by Crippen LogP contribution is 2.52. The van der Waals surface area contributed by atoms with Crippen molar-refractivity contribution >= 4 is 33.0 Å². The van der Waals surface area contributed by atoms with E-state index in [1.54, 1.807) is 13.3 Å². The van der Waals surface area contributed by atoms with Gasteiger partial charge in [-0.2, -0.15) is 0 Å². The van der Waals surface area contributed by atoms with Gasteiger partial charge in [-0.1, -0.05) is 13.8 Å². The van der Waals surface area contributed by atoms with Gasteiger partial charge in [-0.25, -0.2) is 9.97 Å². The van der Waals surface area contributed by atoms with Crippen LogP contribution in [0.15, 0.2) is 16.7 Å². The SMILES string of the molecule is COC1CC(n2c(N)nc3cc(Br)cnc32)C1(C)C. The minimum Gasteiger partial charge on any atom is -0.381 e. The van der Waals surface area contributed by atoms with E-state index in [-0.39, 0.29) is 17.6 Å². The lowest BCUT2D eigenvalue weighted by Crippen LogP contribution is -2.51. The average Bonchev–Trinajstić information content (AvgIpc) is 2.64. The number of nitrogen functional groups attached to an aromatic ring is 1. The summed E-state index contributed by atoms with van der Waals surface area (Å²) in [5, 5.41) is 0. The number of rotatable bonds is 2. The summed E-state index contributed by atoms with van der Waals surface area (Å²) in [5.41, 5.74) is 7.77. The highest BCUT2D eigenvalue weighted by Gasteiger charge is 2.50. The van der Waals surface area contributed by atoms with E-state index >= 15 is 0 Å². The van der Waals surface area contributed by atoms with Crippen molar-refractivity contribution in [2.45, 2.75) is 32.4 Å². The largest absolute Gasteiger partial charge is 0.381 e. The van der Waals surface area contributed by atoms with Gasteiger partial charge in [-0.05, 0) is 28.4 Å². The van der Waals surface area contributed by atoms with Crippen molar-refractivity contribution in [3.8, 4) is 0 Å². The Morgan fingerprint density at radius 2 is 2.26 bits per heavy atom. The molecular weight excluding hydrogens is 308 g/mol. The first-order valence-electron chi connectivity index (χ1n) is 6.27. The van der Waals surface area contributed by atoms with Crippen LogP contribution in [0.5, 0.6) is 0 Å². The number of pyridine rings is 1. The fourth-order valence-corrected chi connectivity index (χ4v) is 3.30. The van der Waals surface area contributed by atoms with Crippen LogP contribution in [-0.4, -0.2) is 27.7 Å². The molecule has 1 aliphatic carbocycles. The predicted molar refractivity (Wildman–Crippen MR) is 77.9 cm³/mol. The summed E-state index contributed by atoms with van der Waals surface area (Å²) in [4.78, 5) is 8.85. The minimum atomic E-state index is 0.0330. The van der Waals surface area contributed by atoms with Gasteiger partial charge in [-0.3, -0.25) is 4.57 Å². The molecule has 0 aliphatic heterocycles. The van der Waals surface area contributed by atoms with Crippen molar-refractivity contribution in [3.05, 3.63) is 16.7 Å². The summed E-state index contributed by atoms with van der Waals surface area (Å²) < 4.78 is 8.45. The lowest BCUT2D eigenvalue weighted by Gasteiger charge is -2.51. The number of hydrogen-bond donors (Lipinski definition) is 1. The number of imidazole rings is 1. The van der Waals surface area contributed by atoms with Crippen molar-refractivity contribution in [1.29, 1.82) is 0 Å². The molecule has 0 aromatic carbocycles. The summed E-state index contributed by atoms with van der Waals surface area (Å²) in [6.07, 6.45) is 2.97. The third kappa shape index (κ3) is 1.77. The van der Waals surface area contributed by atoms with Crippen molar-refractivity contribution in [2.24, 2.45) is 5.41 Å². The Morgan fingerprint density at radius 1 is 1.53 bits per heavy atom. The number of nitrogens with two attached hydrogens (primary N) is 1. The van der Waals surface area contributed by atoms with Gasteiger partial charge in [0.15, 0.2) is 5.65 Å². The van der Waals surface area contributed by atoms with Crippen LogP contribution < -0.4 is 5.73 Å². The maximum Gasteiger partial charge on any atom is 0.202 e. The van der Waals surface area contributed by atoms with E-state index < -0.39 is 0 Å². The number of ether oxygens (including phenoxy) is 1. The van der Waals surface area contributed by atoms with Crippen molar-refractivity contribution in [3.63, 3.8) is 0 Å². The van der Waals surface area contributed by atoms with E-state index in [1.165, 1.54) is 0 Å². The van der Waals surface area contributed by atoms with Gasteiger partial charge in [0.25, 0.3) is 0 Å². The monoisotopic (exact) mass is 324 g/mol. The van der Waals surface area contributed by atoms with Crippen LogP contribution in [0.2, 0.25) is 0 Å². The highest BCUT2D eigenvalue weighted by atomic mass is 79.9.